The van der Waals surface area contributed by atoms with E-state index in [1.54, 1.807) is 24.3 Å². The highest BCUT2D eigenvalue weighted by Crippen LogP contribution is 2.19. The van der Waals surface area contributed by atoms with Crippen LogP contribution in [-0.4, -0.2) is 28.8 Å². The molecule has 0 saturated carbocycles. The molecule has 0 aromatic heterocycles. The Labute approximate surface area is 131 Å². The van der Waals surface area contributed by atoms with Crippen LogP contribution in [0.1, 0.15) is 44.8 Å². The molecule has 0 saturated heterocycles. The molecule has 3 N–H and O–H groups in total. The summed E-state index contributed by atoms with van der Waals surface area (Å²) in [6.07, 6.45) is 0.309. The standard InChI is InChI=1S/C16H24ClNO3/c1-3-11(4-2)15(20)10-18-16(21)9-14(19)12-5-7-13(17)8-6-12/h5-8,11,14-15,19-20H,3-4,9-10H2,1-2H3,(H,18,21). The van der Waals surface area contributed by atoms with E-state index in [0.717, 1.165) is 12.8 Å². The summed E-state index contributed by atoms with van der Waals surface area (Å²) in [5.41, 5.74) is 0.648. The number of carbonyl (C=O) groups excluding carboxylic acids is 1. The molecule has 0 bridgehead atoms. The molecule has 2 unspecified atom stereocenters. The highest BCUT2D eigenvalue weighted by Gasteiger charge is 2.18. The average Bonchev–Trinajstić information content (AvgIpc) is 2.47. The maximum atomic E-state index is 11.8. The fourth-order valence-corrected chi connectivity index (χ4v) is 2.39. The Hall–Kier alpha value is -1.10. The average molecular weight is 314 g/mol. The smallest absolute Gasteiger partial charge is 0.223 e. The molecule has 4 nitrogen and oxygen atoms in total. The second-order valence-corrected chi connectivity index (χ2v) is 5.66. The number of hydrogen-bond donors (Lipinski definition) is 3. The van der Waals surface area contributed by atoms with Crippen molar-refractivity contribution in [1.82, 2.24) is 5.32 Å². The summed E-state index contributed by atoms with van der Waals surface area (Å²) in [7, 11) is 0. The van der Waals surface area contributed by atoms with E-state index in [0.29, 0.717) is 10.6 Å². The summed E-state index contributed by atoms with van der Waals surface area (Å²) in [5.74, 6) is -0.0889. The number of aliphatic hydroxyl groups excluding tert-OH is 2. The van der Waals surface area contributed by atoms with Crippen LogP contribution in [-0.2, 0) is 4.79 Å². The van der Waals surface area contributed by atoms with Crippen molar-refractivity contribution in [2.45, 2.75) is 45.3 Å². The molecule has 0 aliphatic heterocycles. The molecule has 0 aliphatic rings. The van der Waals surface area contributed by atoms with Crippen molar-refractivity contribution < 1.29 is 15.0 Å². The summed E-state index contributed by atoms with van der Waals surface area (Å²) >= 11 is 5.78. The highest BCUT2D eigenvalue weighted by molar-refractivity contribution is 6.30. The molecule has 2 atom stereocenters. The Bertz CT molecular complexity index is 432. The minimum atomic E-state index is -0.868. The molecule has 0 spiro atoms. The first-order chi connectivity index (χ1) is 9.97. The van der Waals surface area contributed by atoms with Crippen LogP contribution in [0.4, 0.5) is 0 Å². The number of halogens is 1. The van der Waals surface area contributed by atoms with Gasteiger partial charge in [0.25, 0.3) is 0 Å². The summed E-state index contributed by atoms with van der Waals surface area (Å²) in [6, 6.07) is 6.74. The number of rotatable bonds is 8. The molecule has 1 aromatic carbocycles. The van der Waals surface area contributed by atoms with Gasteiger partial charge >= 0.3 is 0 Å². The lowest BCUT2D eigenvalue weighted by Gasteiger charge is -2.20. The van der Waals surface area contributed by atoms with E-state index in [1.807, 2.05) is 13.8 Å². The molecule has 1 rings (SSSR count). The van der Waals surface area contributed by atoms with E-state index < -0.39 is 12.2 Å². The van der Waals surface area contributed by atoms with Gasteiger partial charge in [-0.15, -0.1) is 0 Å². The third kappa shape index (κ3) is 6.04. The molecule has 118 valence electrons. The minimum Gasteiger partial charge on any atom is -0.391 e. The van der Waals surface area contributed by atoms with Gasteiger partial charge in [-0.3, -0.25) is 4.79 Å². The summed E-state index contributed by atoms with van der Waals surface area (Å²) in [5, 5.41) is 23.2. The number of benzene rings is 1. The molecule has 21 heavy (non-hydrogen) atoms. The zero-order valence-electron chi connectivity index (χ0n) is 12.6. The van der Waals surface area contributed by atoms with Gasteiger partial charge in [0.1, 0.15) is 0 Å². The van der Waals surface area contributed by atoms with Crippen LogP contribution in [0.25, 0.3) is 0 Å². The Morgan fingerprint density at radius 3 is 2.29 bits per heavy atom. The Morgan fingerprint density at radius 1 is 1.19 bits per heavy atom. The van der Waals surface area contributed by atoms with Crippen LogP contribution >= 0.6 is 11.6 Å². The van der Waals surface area contributed by atoms with E-state index in [9.17, 15) is 15.0 Å². The zero-order valence-corrected chi connectivity index (χ0v) is 13.3. The van der Waals surface area contributed by atoms with E-state index in [4.69, 9.17) is 11.6 Å². The number of aliphatic hydroxyl groups is 2. The van der Waals surface area contributed by atoms with Crippen molar-refractivity contribution in [3.05, 3.63) is 34.9 Å². The van der Waals surface area contributed by atoms with Gasteiger partial charge in [0.15, 0.2) is 0 Å². The van der Waals surface area contributed by atoms with Gasteiger partial charge in [-0.1, -0.05) is 50.4 Å². The molecule has 0 fully saturated rings. The maximum Gasteiger partial charge on any atom is 0.223 e. The van der Waals surface area contributed by atoms with Gasteiger partial charge in [0.05, 0.1) is 18.6 Å². The second-order valence-electron chi connectivity index (χ2n) is 5.22. The quantitative estimate of drug-likeness (QED) is 0.691. The molecular formula is C16H24ClNO3. The third-order valence-corrected chi connectivity index (χ3v) is 3.99. The molecule has 0 heterocycles. The summed E-state index contributed by atoms with van der Waals surface area (Å²) < 4.78 is 0. The lowest BCUT2D eigenvalue weighted by molar-refractivity contribution is -0.123. The van der Waals surface area contributed by atoms with Crippen molar-refractivity contribution in [2.75, 3.05) is 6.54 Å². The molecular weight excluding hydrogens is 290 g/mol. The summed E-state index contributed by atoms with van der Waals surface area (Å²) in [4.78, 5) is 11.8. The van der Waals surface area contributed by atoms with Gasteiger partial charge in [0, 0.05) is 11.6 Å². The monoisotopic (exact) mass is 313 g/mol. The molecule has 0 radical (unpaired) electrons. The van der Waals surface area contributed by atoms with E-state index in [-0.39, 0.29) is 24.8 Å². The van der Waals surface area contributed by atoms with Gasteiger partial charge < -0.3 is 15.5 Å². The van der Waals surface area contributed by atoms with Crippen molar-refractivity contribution >= 4 is 17.5 Å². The van der Waals surface area contributed by atoms with Crippen molar-refractivity contribution in [2.24, 2.45) is 5.92 Å². The fourth-order valence-electron chi connectivity index (χ4n) is 2.27. The van der Waals surface area contributed by atoms with Crippen molar-refractivity contribution in [3.8, 4) is 0 Å². The third-order valence-electron chi connectivity index (χ3n) is 3.73. The highest BCUT2D eigenvalue weighted by atomic mass is 35.5. The molecule has 1 amide bonds. The van der Waals surface area contributed by atoms with Gasteiger partial charge in [0.2, 0.25) is 5.91 Å². The zero-order chi connectivity index (χ0) is 15.8. The Balaban J connectivity index is 2.41. The Morgan fingerprint density at radius 2 is 1.76 bits per heavy atom. The van der Waals surface area contributed by atoms with Gasteiger partial charge in [-0.2, -0.15) is 0 Å². The lowest BCUT2D eigenvalue weighted by Crippen LogP contribution is -2.36. The van der Waals surface area contributed by atoms with Crippen LogP contribution < -0.4 is 5.32 Å². The number of amides is 1. The Kier molecular flexibility index (Phi) is 7.72. The van der Waals surface area contributed by atoms with Gasteiger partial charge in [-0.05, 0) is 23.6 Å². The number of carbonyl (C=O) groups is 1. The SMILES string of the molecule is CCC(CC)C(O)CNC(=O)CC(O)c1ccc(Cl)cc1. The van der Waals surface area contributed by atoms with E-state index >= 15 is 0 Å². The fraction of sp³-hybridized carbons (Fsp3) is 0.562. The van der Waals surface area contributed by atoms with E-state index in [1.165, 1.54) is 0 Å². The van der Waals surface area contributed by atoms with Crippen LogP contribution in [0.3, 0.4) is 0 Å². The van der Waals surface area contributed by atoms with Crippen LogP contribution in [0, 0.1) is 5.92 Å². The number of nitrogens with one attached hydrogen (secondary N) is 1. The molecule has 1 aromatic rings. The predicted molar refractivity (Wildman–Crippen MR) is 84.1 cm³/mol. The maximum absolute atomic E-state index is 11.8. The lowest BCUT2D eigenvalue weighted by atomic mass is 9.96. The second kappa shape index (κ2) is 9.03. The van der Waals surface area contributed by atoms with Crippen molar-refractivity contribution in [3.63, 3.8) is 0 Å². The molecule has 5 heteroatoms. The minimum absolute atomic E-state index is 0.0305. The topological polar surface area (TPSA) is 69.6 Å². The first-order valence-electron chi connectivity index (χ1n) is 7.36. The number of hydrogen-bond acceptors (Lipinski definition) is 3. The first-order valence-corrected chi connectivity index (χ1v) is 7.74. The van der Waals surface area contributed by atoms with Crippen LogP contribution in [0.15, 0.2) is 24.3 Å². The van der Waals surface area contributed by atoms with Crippen molar-refractivity contribution in [1.29, 1.82) is 0 Å². The van der Waals surface area contributed by atoms with Crippen LogP contribution in [0.2, 0.25) is 5.02 Å². The van der Waals surface area contributed by atoms with E-state index in [2.05, 4.69) is 5.32 Å². The molecule has 0 aliphatic carbocycles. The largest absolute Gasteiger partial charge is 0.391 e. The summed E-state index contributed by atoms with van der Waals surface area (Å²) in [6.45, 7) is 4.26. The normalized spacial score (nSPS) is 14.0. The first kappa shape index (κ1) is 18.0. The predicted octanol–water partition coefficient (Wildman–Crippen LogP) is 2.68. The van der Waals surface area contributed by atoms with Gasteiger partial charge in [-0.25, -0.2) is 0 Å². The van der Waals surface area contributed by atoms with Crippen LogP contribution in [0.5, 0.6) is 0 Å².